The van der Waals surface area contributed by atoms with Crippen molar-refractivity contribution < 1.29 is 17.6 Å². The van der Waals surface area contributed by atoms with E-state index in [-0.39, 0.29) is 0 Å². The summed E-state index contributed by atoms with van der Waals surface area (Å²) in [5, 5.41) is 7.60. The predicted octanol–water partition coefficient (Wildman–Crippen LogP) is 5.10. The Balaban J connectivity index is 2.07. The second-order valence-corrected chi connectivity index (χ2v) is 7.83. The van der Waals surface area contributed by atoms with Gasteiger partial charge in [0.05, 0.1) is 11.6 Å². The SMILES string of the molecule is Cc1cc(NC(c2ccc(C(F)(F)F)c(F)c2)C(C)(C)C)n2nc(C)nc2n1. The van der Waals surface area contributed by atoms with E-state index >= 15 is 0 Å². The molecule has 0 aliphatic carbocycles. The Hall–Kier alpha value is -2.71. The molecular weight excluding hydrogens is 374 g/mol. The van der Waals surface area contributed by atoms with Gasteiger partial charge in [0.25, 0.3) is 5.78 Å². The molecule has 1 N–H and O–H groups in total. The van der Waals surface area contributed by atoms with Crippen LogP contribution >= 0.6 is 0 Å². The molecule has 1 atom stereocenters. The fraction of sp³-hybridized carbons (Fsp3) is 0.421. The zero-order valence-electron chi connectivity index (χ0n) is 16.2. The van der Waals surface area contributed by atoms with Crippen molar-refractivity contribution in [2.45, 2.75) is 46.8 Å². The molecule has 2 aromatic heterocycles. The van der Waals surface area contributed by atoms with Crippen LogP contribution in [0, 0.1) is 25.1 Å². The number of anilines is 1. The zero-order chi connectivity index (χ0) is 20.9. The quantitative estimate of drug-likeness (QED) is 0.627. The molecule has 0 saturated carbocycles. The molecule has 9 heteroatoms. The van der Waals surface area contributed by atoms with Gasteiger partial charge >= 0.3 is 6.18 Å². The lowest BCUT2D eigenvalue weighted by atomic mass is 9.82. The first-order valence-electron chi connectivity index (χ1n) is 8.70. The minimum Gasteiger partial charge on any atom is -0.363 e. The van der Waals surface area contributed by atoms with Gasteiger partial charge in [0.1, 0.15) is 17.5 Å². The number of hydrogen-bond donors (Lipinski definition) is 1. The molecule has 0 aliphatic heterocycles. The van der Waals surface area contributed by atoms with E-state index in [1.165, 1.54) is 10.6 Å². The van der Waals surface area contributed by atoms with E-state index in [1.807, 2.05) is 20.8 Å². The van der Waals surface area contributed by atoms with Crippen molar-refractivity contribution in [2.24, 2.45) is 5.41 Å². The van der Waals surface area contributed by atoms with E-state index in [9.17, 15) is 17.6 Å². The summed E-state index contributed by atoms with van der Waals surface area (Å²) in [7, 11) is 0. The van der Waals surface area contributed by atoms with Gasteiger partial charge in [-0.2, -0.15) is 22.7 Å². The highest BCUT2D eigenvalue weighted by Crippen LogP contribution is 2.38. The Morgan fingerprint density at radius 1 is 1.04 bits per heavy atom. The average molecular weight is 395 g/mol. The summed E-state index contributed by atoms with van der Waals surface area (Å²) in [6.45, 7) is 9.29. The maximum Gasteiger partial charge on any atom is 0.419 e. The molecule has 0 bridgehead atoms. The molecule has 0 amide bonds. The third-order valence-electron chi connectivity index (χ3n) is 4.34. The lowest BCUT2D eigenvalue weighted by Crippen LogP contribution is -2.27. The van der Waals surface area contributed by atoms with Crippen molar-refractivity contribution in [3.63, 3.8) is 0 Å². The standard InChI is InChI=1S/C19H21F4N5/c1-10-8-15(28-17(24-10)25-11(2)27-28)26-16(18(3,4)5)12-6-7-13(14(20)9-12)19(21,22)23/h6-9,16,26H,1-5H3. The largest absolute Gasteiger partial charge is 0.419 e. The number of halogens is 4. The van der Waals surface area contributed by atoms with Gasteiger partial charge in [0, 0.05) is 11.8 Å². The zero-order valence-corrected chi connectivity index (χ0v) is 16.2. The Bertz CT molecular complexity index is 1020. The van der Waals surface area contributed by atoms with Crippen LogP contribution in [0.25, 0.3) is 5.78 Å². The first kappa shape index (κ1) is 20.0. The molecule has 0 saturated heterocycles. The number of aryl methyl sites for hydroxylation is 2. The first-order valence-corrected chi connectivity index (χ1v) is 8.70. The summed E-state index contributed by atoms with van der Waals surface area (Å²) in [4.78, 5) is 8.56. The molecule has 0 fully saturated rings. The number of alkyl halides is 3. The van der Waals surface area contributed by atoms with Gasteiger partial charge in [-0.05, 0) is 37.0 Å². The monoisotopic (exact) mass is 395 g/mol. The van der Waals surface area contributed by atoms with Gasteiger partial charge in [-0.1, -0.05) is 26.8 Å². The number of rotatable bonds is 3. The normalized spacial score (nSPS) is 13.8. The molecule has 28 heavy (non-hydrogen) atoms. The third kappa shape index (κ3) is 3.93. The second-order valence-electron chi connectivity index (χ2n) is 7.83. The summed E-state index contributed by atoms with van der Waals surface area (Å²) in [6, 6.07) is 4.29. The smallest absolute Gasteiger partial charge is 0.363 e. The van der Waals surface area contributed by atoms with Crippen LogP contribution in [0.15, 0.2) is 24.3 Å². The summed E-state index contributed by atoms with van der Waals surface area (Å²) < 4.78 is 54.4. The molecule has 2 heterocycles. The van der Waals surface area contributed by atoms with Gasteiger partial charge in [-0.15, -0.1) is 5.10 Å². The summed E-state index contributed by atoms with van der Waals surface area (Å²) in [5.41, 5.74) is -0.616. The lowest BCUT2D eigenvalue weighted by molar-refractivity contribution is -0.140. The number of nitrogens with one attached hydrogen (secondary N) is 1. The number of aromatic nitrogens is 4. The number of benzene rings is 1. The van der Waals surface area contributed by atoms with Crippen LogP contribution in [0.2, 0.25) is 0 Å². The maximum atomic E-state index is 14.2. The van der Waals surface area contributed by atoms with Crippen molar-refractivity contribution in [1.29, 1.82) is 0 Å². The Morgan fingerprint density at radius 2 is 1.71 bits per heavy atom. The van der Waals surface area contributed by atoms with Crippen molar-refractivity contribution in [3.05, 3.63) is 52.7 Å². The molecule has 5 nitrogen and oxygen atoms in total. The number of nitrogens with zero attached hydrogens (tertiary/aromatic N) is 4. The topological polar surface area (TPSA) is 55.1 Å². The van der Waals surface area contributed by atoms with Crippen LogP contribution in [-0.4, -0.2) is 19.6 Å². The highest BCUT2D eigenvalue weighted by Gasteiger charge is 2.35. The highest BCUT2D eigenvalue weighted by atomic mass is 19.4. The predicted molar refractivity (Wildman–Crippen MR) is 97.5 cm³/mol. The number of hydrogen-bond acceptors (Lipinski definition) is 4. The second kappa shape index (κ2) is 6.72. The summed E-state index contributed by atoms with van der Waals surface area (Å²) >= 11 is 0. The molecular formula is C19H21F4N5. The van der Waals surface area contributed by atoms with Gasteiger partial charge in [0.2, 0.25) is 0 Å². The minimum absolute atomic E-state index is 0.400. The van der Waals surface area contributed by atoms with Gasteiger partial charge in [-0.25, -0.2) is 9.37 Å². The van der Waals surface area contributed by atoms with Crippen LogP contribution in [0.1, 0.15) is 49.5 Å². The van der Waals surface area contributed by atoms with E-state index < -0.39 is 29.0 Å². The molecule has 3 aromatic rings. The van der Waals surface area contributed by atoms with Crippen molar-refractivity contribution in [2.75, 3.05) is 5.32 Å². The van der Waals surface area contributed by atoms with Crippen molar-refractivity contribution >= 4 is 11.6 Å². The van der Waals surface area contributed by atoms with Crippen LogP contribution in [0.5, 0.6) is 0 Å². The molecule has 0 spiro atoms. The van der Waals surface area contributed by atoms with Gasteiger partial charge < -0.3 is 5.32 Å². The van der Waals surface area contributed by atoms with Gasteiger partial charge in [-0.3, -0.25) is 0 Å². The van der Waals surface area contributed by atoms with Gasteiger partial charge in [0.15, 0.2) is 0 Å². The molecule has 0 radical (unpaired) electrons. The third-order valence-corrected chi connectivity index (χ3v) is 4.34. The molecule has 0 aliphatic rings. The fourth-order valence-corrected chi connectivity index (χ4v) is 3.08. The minimum atomic E-state index is -4.74. The molecule has 3 rings (SSSR count). The summed E-state index contributed by atoms with van der Waals surface area (Å²) in [6.07, 6.45) is -4.74. The van der Waals surface area contributed by atoms with E-state index in [0.717, 1.165) is 12.1 Å². The van der Waals surface area contributed by atoms with E-state index in [1.54, 1.807) is 19.9 Å². The Morgan fingerprint density at radius 3 is 2.29 bits per heavy atom. The van der Waals surface area contributed by atoms with Crippen LogP contribution in [-0.2, 0) is 6.18 Å². The maximum absolute atomic E-state index is 14.2. The first-order chi connectivity index (χ1) is 12.9. The van der Waals surface area contributed by atoms with E-state index in [4.69, 9.17) is 0 Å². The molecule has 1 unspecified atom stereocenters. The van der Waals surface area contributed by atoms with Crippen LogP contribution < -0.4 is 5.32 Å². The van der Waals surface area contributed by atoms with Crippen LogP contribution in [0.3, 0.4) is 0 Å². The Kier molecular flexibility index (Phi) is 4.81. The van der Waals surface area contributed by atoms with Crippen molar-refractivity contribution in [1.82, 2.24) is 19.6 Å². The molecule has 150 valence electrons. The van der Waals surface area contributed by atoms with Crippen molar-refractivity contribution in [3.8, 4) is 0 Å². The average Bonchev–Trinajstić information content (AvgIpc) is 2.90. The number of fused-ring (bicyclic) bond motifs is 1. The highest BCUT2D eigenvalue weighted by molar-refractivity contribution is 5.48. The van der Waals surface area contributed by atoms with Crippen LogP contribution in [0.4, 0.5) is 23.4 Å². The Labute approximate surface area is 159 Å². The molecule has 1 aromatic carbocycles. The summed E-state index contributed by atoms with van der Waals surface area (Å²) in [5.74, 6) is 0.220. The lowest BCUT2D eigenvalue weighted by Gasteiger charge is -2.33. The fourth-order valence-electron chi connectivity index (χ4n) is 3.08. The van der Waals surface area contributed by atoms with E-state index in [2.05, 4.69) is 20.4 Å². The van der Waals surface area contributed by atoms with E-state index in [0.29, 0.717) is 28.7 Å².